The first-order chi connectivity index (χ1) is 7.63. The Morgan fingerprint density at radius 1 is 1.50 bits per heavy atom. The van der Waals surface area contributed by atoms with E-state index in [-0.39, 0.29) is 0 Å². The fourth-order valence-corrected chi connectivity index (χ4v) is 1.71. The van der Waals surface area contributed by atoms with E-state index >= 15 is 0 Å². The zero-order valence-corrected chi connectivity index (χ0v) is 11.0. The fraction of sp³-hybridized carbons (Fsp3) is 0.400. The molecule has 0 bridgehead atoms. The second-order valence-electron chi connectivity index (χ2n) is 3.55. The number of hydrogen-bond acceptors (Lipinski definition) is 4. The lowest BCUT2D eigenvalue weighted by Crippen LogP contribution is -2.06. The summed E-state index contributed by atoms with van der Waals surface area (Å²) in [5, 5.41) is 7.37. The van der Waals surface area contributed by atoms with Crippen molar-refractivity contribution in [2.75, 3.05) is 7.05 Å². The van der Waals surface area contributed by atoms with Crippen LogP contribution in [0.3, 0.4) is 0 Å². The van der Waals surface area contributed by atoms with Gasteiger partial charge in [0.05, 0.1) is 21.6 Å². The zero-order valence-electron chi connectivity index (χ0n) is 9.41. The van der Waals surface area contributed by atoms with E-state index in [0.717, 1.165) is 21.6 Å². The maximum atomic E-state index is 5.38. The molecule has 0 atom stereocenters. The van der Waals surface area contributed by atoms with Crippen molar-refractivity contribution in [1.82, 2.24) is 20.1 Å². The van der Waals surface area contributed by atoms with Gasteiger partial charge in [-0.1, -0.05) is 0 Å². The van der Waals surface area contributed by atoms with Crippen LogP contribution in [-0.4, -0.2) is 21.8 Å². The second-order valence-corrected chi connectivity index (χ2v) is 4.34. The van der Waals surface area contributed by atoms with E-state index in [2.05, 4.69) is 31.3 Å². The Balaban J connectivity index is 2.38. The smallest absolute Gasteiger partial charge is 0.323 e. The molecule has 2 aromatic heterocycles. The number of aromatic nitrogens is 3. The van der Waals surface area contributed by atoms with E-state index in [4.69, 9.17) is 4.42 Å². The highest BCUT2D eigenvalue weighted by Crippen LogP contribution is 2.22. The van der Waals surface area contributed by atoms with Gasteiger partial charge in [0.15, 0.2) is 0 Å². The van der Waals surface area contributed by atoms with E-state index < -0.39 is 0 Å². The fourth-order valence-electron chi connectivity index (χ4n) is 1.47. The highest BCUT2D eigenvalue weighted by atomic mass is 79.9. The van der Waals surface area contributed by atoms with E-state index in [0.29, 0.717) is 12.6 Å². The van der Waals surface area contributed by atoms with Crippen molar-refractivity contribution in [3.8, 4) is 6.01 Å². The van der Waals surface area contributed by atoms with E-state index in [1.54, 1.807) is 10.9 Å². The molecule has 0 saturated carbocycles. The number of nitrogens with zero attached hydrogens (tertiary/aromatic N) is 3. The first-order valence-electron chi connectivity index (χ1n) is 4.94. The Kier molecular flexibility index (Phi) is 3.11. The summed E-state index contributed by atoms with van der Waals surface area (Å²) in [5.74, 6) is 0. The van der Waals surface area contributed by atoms with Crippen LogP contribution in [0.5, 0.6) is 0 Å². The van der Waals surface area contributed by atoms with Gasteiger partial charge in [0, 0.05) is 6.54 Å². The SMILES string of the molecule is CNCc1coc(-n2nc(C)c(Br)c2C)n1. The molecule has 0 fully saturated rings. The number of oxazole rings is 1. The van der Waals surface area contributed by atoms with Crippen LogP contribution in [0.15, 0.2) is 15.2 Å². The molecule has 5 nitrogen and oxygen atoms in total. The van der Waals surface area contributed by atoms with Crippen molar-refractivity contribution in [3.63, 3.8) is 0 Å². The third kappa shape index (κ3) is 1.90. The third-order valence-corrected chi connectivity index (χ3v) is 3.43. The van der Waals surface area contributed by atoms with Crippen LogP contribution in [0.4, 0.5) is 0 Å². The number of halogens is 1. The standard InChI is InChI=1S/C10H13BrN4O/c1-6-9(11)7(2)15(14-6)10-13-8(4-12-3)5-16-10/h5,12H,4H2,1-3H3. The van der Waals surface area contributed by atoms with E-state index in [9.17, 15) is 0 Å². The molecule has 2 heterocycles. The molecule has 0 aliphatic rings. The third-order valence-electron chi connectivity index (χ3n) is 2.28. The maximum Gasteiger partial charge on any atom is 0.323 e. The van der Waals surface area contributed by atoms with Crippen LogP contribution in [0, 0.1) is 13.8 Å². The molecule has 2 aromatic rings. The van der Waals surface area contributed by atoms with Crippen LogP contribution >= 0.6 is 15.9 Å². The number of hydrogen-bond donors (Lipinski definition) is 1. The summed E-state index contributed by atoms with van der Waals surface area (Å²) in [5.41, 5.74) is 2.77. The van der Waals surface area contributed by atoms with E-state index in [1.165, 1.54) is 0 Å². The van der Waals surface area contributed by atoms with Gasteiger partial charge in [0.25, 0.3) is 0 Å². The molecule has 86 valence electrons. The highest BCUT2D eigenvalue weighted by Gasteiger charge is 2.14. The van der Waals surface area contributed by atoms with Crippen LogP contribution in [0.2, 0.25) is 0 Å². The Morgan fingerprint density at radius 3 is 2.81 bits per heavy atom. The van der Waals surface area contributed by atoms with Crippen LogP contribution < -0.4 is 5.32 Å². The van der Waals surface area contributed by atoms with Gasteiger partial charge in [-0.15, -0.1) is 0 Å². The summed E-state index contributed by atoms with van der Waals surface area (Å²) in [6, 6.07) is 0.497. The van der Waals surface area contributed by atoms with Gasteiger partial charge < -0.3 is 9.73 Å². The lowest BCUT2D eigenvalue weighted by Gasteiger charge is -1.96. The Hall–Kier alpha value is -1.14. The normalized spacial score (nSPS) is 11.0. The molecule has 0 aliphatic heterocycles. The predicted octanol–water partition coefficient (Wildman–Crippen LogP) is 1.96. The van der Waals surface area contributed by atoms with Gasteiger partial charge in [0.2, 0.25) is 0 Å². The van der Waals surface area contributed by atoms with Gasteiger partial charge in [-0.2, -0.15) is 14.8 Å². The molecule has 0 radical (unpaired) electrons. The van der Waals surface area contributed by atoms with Gasteiger partial charge in [-0.3, -0.25) is 0 Å². The van der Waals surface area contributed by atoms with Crippen molar-refractivity contribution in [1.29, 1.82) is 0 Å². The molecule has 0 unspecified atom stereocenters. The first-order valence-corrected chi connectivity index (χ1v) is 5.74. The van der Waals surface area contributed by atoms with Gasteiger partial charge in [-0.25, -0.2) is 0 Å². The summed E-state index contributed by atoms with van der Waals surface area (Å²) in [6.45, 7) is 4.58. The van der Waals surface area contributed by atoms with Crippen molar-refractivity contribution in [2.24, 2.45) is 0 Å². The average molecular weight is 285 g/mol. The zero-order chi connectivity index (χ0) is 11.7. The molecule has 0 aromatic carbocycles. The van der Waals surface area contributed by atoms with Crippen LogP contribution in [0.25, 0.3) is 6.01 Å². The minimum atomic E-state index is 0.497. The Labute approximate surface area is 102 Å². The summed E-state index contributed by atoms with van der Waals surface area (Å²) >= 11 is 3.47. The Bertz CT molecular complexity index is 503. The molecular weight excluding hydrogens is 272 g/mol. The van der Waals surface area contributed by atoms with Crippen LogP contribution in [0.1, 0.15) is 17.1 Å². The summed E-state index contributed by atoms with van der Waals surface area (Å²) in [4.78, 5) is 4.34. The van der Waals surface area contributed by atoms with Crippen molar-refractivity contribution < 1.29 is 4.42 Å². The van der Waals surface area contributed by atoms with Crippen molar-refractivity contribution in [3.05, 3.63) is 27.8 Å². The summed E-state index contributed by atoms with van der Waals surface area (Å²) in [7, 11) is 1.87. The average Bonchev–Trinajstić information content (AvgIpc) is 2.80. The van der Waals surface area contributed by atoms with Gasteiger partial charge in [0.1, 0.15) is 6.26 Å². The number of nitrogens with one attached hydrogen (secondary N) is 1. The highest BCUT2D eigenvalue weighted by molar-refractivity contribution is 9.10. The topological polar surface area (TPSA) is 55.9 Å². The molecule has 2 rings (SSSR count). The molecule has 1 N–H and O–H groups in total. The molecule has 0 spiro atoms. The van der Waals surface area contributed by atoms with Gasteiger partial charge >= 0.3 is 6.01 Å². The van der Waals surface area contributed by atoms with E-state index in [1.807, 2.05) is 20.9 Å². The summed E-state index contributed by atoms with van der Waals surface area (Å²) in [6.07, 6.45) is 1.64. The maximum absolute atomic E-state index is 5.38. The quantitative estimate of drug-likeness (QED) is 0.936. The second kappa shape index (κ2) is 4.39. The number of rotatable bonds is 3. The molecule has 16 heavy (non-hydrogen) atoms. The molecule has 6 heteroatoms. The largest absolute Gasteiger partial charge is 0.430 e. The lowest BCUT2D eigenvalue weighted by molar-refractivity contribution is 0.504. The molecule has 0 amide bonds. The minimum absolute atomic E-state index is 0.497. The van der Waals surface area contributed by atoms with Crippen LogP contribution in [-0.2, 0) is 6.54 Å². The molecule has 0 aliphatic carbocycles. The minimum Gasteiger partial charge on any atom is -0.430 e. The Morgan fingerprint density at radius 2 is 2.25 bits per heavy atom. The molecular formula is C10H13BrN4O. The molecule has 0 saturated heterocycles. The number of aryl methyl sites for hydroxylation is 1. The van der Waals surface area contributed by atoms with Gasteiger partial charge in [-0.05, 0) is 36.8 Å². The monoisotopic (exact) mass is 284 g/mol. The summed E-state index contributed by atoms with van der Waals surface area (Å²) < 4.78 is 8.06. The lowest BCUT2D eigenvalue weighted by atomic mass is 10.4. The predicted molar refractivity (Wildman–Crippen MR) is 63.6 cm³/mol. The first kappa shape index (κ1) is 11.3. The van der Waals surface area contributed by atoms with Crippen molar-refractivity contribution >= 4 is 15.9 Å². The van der Waals surface area contributed by atoms with Crippen molar-refractivity contribution in [2.45, 2.75) is 20.4 Å².